The molecule has 10 heterocycles. The molecule has 6 N–H and O–H groups in total. The van der Waals surface area contributed by atoms with Crippen molar-refractivity contribution in [1.82, 2.24) is 118 Å². The number of rotatable bonds is 21. The van der Waals surface area contributed by atoms with Crippen LogP contribution in [0.15, 0.2) is 129 Å². The number of nitrogen functional groups attached to an aromatic ring is 3. The highest BCUT2D eigenvalue weighted by Gasteiger charge is 2.19. The number of fused-ring (bicyclic) bond motifs is 3. The van der Waals surface area contributed by atoms with Crippen molar-refractivity contribution in [2.75, 3.05) is 17.2 Å². The van der Waals surface area contributed by atoms with Gasteiger partial charge in [-0.05, 0) is 33.4 Å². The Morgan fingerprint density at radius 2 is 0.605 bits per heavy atom. The van der Waals surface area contributed by atoms with Crippen molar-refractivity contribution in [3.8, 4) is 52.6 Å². The standard InChI is InChI=1S/C51H45N27O3/c52-43-40-46(58-25-55-40)61-28-73(43)13-31-1-7-34(8-2-31)16-76-19-37(67-70-76)22-79-49-64-50(80-23-38-20-77(71-68-38)17-35-9-3-32(4-10-35)14-74-29-62-47-41(44(74)53)56-26-59-47)66-51(65-49)81-24-39-21-78(72-69-39)18-36-11-5-33(6-12-36)15-75-30-63-48-42(45(75)54)57-27-60-48/h1-12,19-21,25-30H,13-18,22-24,52-54H2. The summed E-state index contributed by atoms with van der Waals surface area (Å²) in [6.45, 7) is 2.87. The van der Waals surface area contributed by atoms with Crippen molar-refractivity contribution < 1.29 is 14.2 Å². The number of imidazole rings is 3. The Balaban J connectivity index is 0.649. The minimum atomic E-state index is -0.0762. The Morgan fingerprint density at radius 1 is 0.333 bits per heavy atom. The van der Waals surface area contributed by atoms with Crippen LogP contribution in [0, 0.1) is 0 Å². The summed E-state index contributed by atoms with van der Waals surface area (Å²) in [4.78, 5) is 51.3. The van der Waals surface area contributed by atoms with Gasteiger partial charge in [0, 0.05) is 0 Å². The Hall–Kier alpha value is -11.5. The lowest BCUT2D eigenvalue weighted by Gasteiger charge is -2.12. The summed E-state index contributed by atoms with van der Waals surface area (Å²) in [5, 5.41) is 25.9. The average Bonchev–Trinajstić information content (AvgIpc) is 4.46. The van der Waals surface area contributed by atoms with E-state index in [9.17, 15) is 0 Å². The van der Waals surface area contributed by atoms with Gasteiger partial charge in [0.1, 0.15) is 90.4 Å². The summed E-state index contributed by atoms with van der Waals surface area (Å²) >= 11 is 0. The molecule has 0 unspecified atom stereocenters. The summed E-state index contributed by atoms with van der Waals surface area (Å²) < 4.78 is 28.8. The van der Waals surface area contributed by atoms with E-state index in [0.717, 1.165) is 33.4 Å². The van der Waals surface area contributed by atoms with Gasteiger partial charge in [0.05, 0.1) is 76.8 Å². The van der Waals surface area contributed by atoms with Crippen LogP contribution in [0.2, 0.25) is 0 Å². The molecule has 0 saturated heterocycles. The molecular weight excluding hydrogens is 1040 g/mol. The molecule has 0 radical (unpaired) electrons. The zero-order valence-electron chi connectivity index (χ0n) is 42.7. The number of nitrogens with two attached hydrogens (primary N) is 3. The van der Waals surface area contributed by atoms with E-state index >= 15 is 0 Å². The van der Waals surface area contributed by atoms with Gasteiger partial charge in [0.15, 0.2) is 17.5 Å². The highest BCUT2D eigenvalue weighted by molar-refractivity contribution is 5.66. The van der Waals surface area contributed by atoms with Crippen molar-refractivity contribution in [3.05, 3.63) is 180 Å². The molecule has 30 nitrogen and oxygen atoms in total. The lowest BCUT2D eigenvalue weighted by Crippen LogP contribution is -2.10. The van der Waals surface area contributed by atoms with Gasteiger partial charge in [0.25, 0.3) is 0 Å². The van der Waals surface area contributed by atoms with Crippen LogP contribution in [0.4, 0.5) is 17.5 Å². The van der Waals surface area contributed by atoms with Crippen LogP contribution in [0.1, 0.15) is 50.5 Å². The summed E-state index contributed by atoms with van der Waals surface area (Å²) in [7, 11) is 0. The van der Waals surface area contributed by atoms with E-state index in [-0.39, 0.29) is 37.9 Å². The minimum Gasteiger partial charge on any atom is -0.457 e. The minimum absolute atomic E-state index is 0.0230. The Bertz CT molecular complexity index is 3710. The van der Waals surface area contributed by atoms with Crippen LogP contribution in [-0.2, 0) is 59.1 Å². The highest BCUT2D eigenvalue weighted by Crippen LogP contribution is 2.26. The molecule has 402 valence electrons. The Kier molecular flexibility index (Phi) is 13.1. The van der Waals surface area contributed by atoms with Crippen LogP contribution >= 0.6 is 0 Å². The number of benzene rings is 3. The quantitative estimate of drug-likeness (QED) is 0.0931. The largest absolute Gasteiger partial charge is 0.457 e. The number of aromatic nitrogens is 24. The van der Waals surface area contributed by atoms with Gasteiger partial charge in [-0.25, -0.2) is 58.9 Å². The molecule has 0 aliphatic carbocycles. The zero-order valence-corrected chi connectivity index (χ0v) is 42.7. The van der Waals surface area contributed by atoms with Crippen molar-refractivity contribution in [2.45, 2.75) is 59.1 Å². The van der Waals surface area contributed by atoms with Crippen LogP contribution in [0.25, 0.3) is 34.6 Å². The number of anilines is 3. The predicted molar refractivity (Wildman–Crippen MR) is 283 cm³/mol. The van der Waals surface area contributed by atoms with Gasteiger partial charge in [0.2, 0.25) is 0 Å². The molecule has 0 amide bonds. The first-order valence-corrected chi connectivity index (χ1v) is 25.0. The third kappa shape index (κ3) is 11.1. The fourth-order valence-electron chi connectivity index (χ4n) is 8.73. The second-order valence-electron chi connectivity index (χ2n) is 18.6. The second-order valence-corrected chi connectivity index (χ2v) is 18.6. The van der Waals surface area contributed by atoms with Gasteiger partial charge in [-0.15, -0.1) is 30.2 Å². The maximum absolute atomic E-state index is 6.33. The van der Waals surface area contributed by atoms with Gasteiger partial charge >= 0.3 is 18.0 Å². The van der Waals surface area contributed by atoms with Gasteiger partial charge in [-0.2, -0.15) is 0 Å². The number of nitrogens with zero attached hydrogens (tertiary/aromatic N) is 24. The van der Waals surface area contributed by atoms with Crippen molar-refractivity contribution in [2.24, 2.45) is 0 Å². The third-order valence-corrected chi connectivity index (χ3v) is 12.9. The van der Waals surface area contributed by atoms with E-state index in [1.54, 1.807) is 51.6 Å². The summed E-state index contributed by atoms with van der Waals surface area (Å²) in [5.74, 6) is 3.04. The summed E-state index contributed by atoms with van der Waals surface area (Å²) in [6.07, 6.45) is 14.7. The first-order chi connectivity index (χ1) is 39.7. The van der Waals surface area contributed by atoms with Gasteiger partial charge in [-0.3, -0.25) is 0 Å². The predicted octanol–water partition coefficient (Wildman–Crippen LogP) is 2.69. The molecule has 81 heavy (non-hydrogen) atoms. The molecular formula is C51H45N27O3. The fraction of sp³-hybridized carbons (Fsp3) is 0.176. The smallest absolute Gasteiger partial charge is 0.326 e. The zero-order chi connectivity index (χ0) is 54.7. The molecule has 4 aromatic heterocycles. The monoisotopic (exact) mass is 1080 g/mol. The maximum atomic E-state index is 6.33. The third-order valence-electron chi connectivity index (χ3n) is 12.9. The highest BCUT2D eigenvalue weighted by atomic mass is 16.5. The molecule has 6 aliphatic heterocycles. The molecule has 0 atom stereocenters. The second kappa shape index (κ2) is 21.5. The summed E-state index contributed by atoms with van der Waals surface area (Å²) in [5.41, 5.74) is 28.4. The van der Waals surface area contributed by atoms with E-state index in [0.29, 0.717) is 108 Å². The van der Waals surface area contributed by atoms with E-state index in [1.165, 1.54) is 19.0 Å². The van der Waals surface area contributed by atoms with Crippen molar-refractivity contribution >= 4 is 17.5 Å². The van der Waals surface area contributed by atoms with Crippen LogP contribution in [-0.4, -0.2) is 118 Å². The normalized spacial score (nSPS) is 11.6. The molecule has 7 aromatic rings. The molecule has 0 spiro atoms. The average molecular weight is 1080 g/mol. The van der Waals surface area contributed by atoms with Gasteiger partial charge in [-0.1, -0.05) is 88.4 Å². The van der Waals surface area contributed by atoms with Crippen molar-refractivity contribution in [3.63, 3.8) is 0 Å². The lowest BCUT2D eigenvalue weighted by atomic mass is 10.1. The first kappa shape index (κ1) is 49.1. The topological polar surface area (TPSA) is 367 Å². The summed E-state index contributed by atoms with van der Waals surface area (Å²) in [6, 6.07) is 24.0. The van der Waals surface area contributed by atoms with E-state index in [4.69, 9.17) is 31.4 Å². The molecule has 30 heteroatoms. The van der Waals surface area contributed by atoms with Crippen LogP contribution in [0.5, 0.6) is 18.0 Å². The van der Waals surface area contributed by atoms with Crippen LogP contribution < -0.4 is 31.4 Å². The molecule has 6 aliphatic rings. The molecule has 0 bridgehead atoms. The maximum Gasteiger partial charge on any atom is 0.326 e. The lowest BCUT2D eigenvalue weighted by molar-refractivity contribution is 0.219. The van der Waals surface area contributed by atoms with E-state index in [2.05, 4.69) is 90.7 Å². The first-order valence-electron chi connectivity index (χ1n) is 25.0. The number of ether oxygens (including phenoxy) is 3. The Morgan fingerprint density at radius 3 is 0.889 bits per heavy atom. The molecule has 13 rings (SSSR count). The molecule has 3 aromatic carbocycles. The van der Waals surface area contributed by atoms with E-state index in [1.807, 2.05) is 86.5 Å². The number of hydrogen-bond donors (Lipinski definition) is 3. The Labute approximate surface area is 457 Å². The van der Waals surface area contributed by atoms with Gasteiger partial charge < -0.3 is 45.1 Å². The SMILES string of the molecule is Nc1c2ncnc-2ncn1Cc1ccc(Cn2cc(COc3nc(OCc4cn(Cc5ccc(Cn6cnc7ncnc-7c6N)cc5)nn4)nc(OCc4cn(Cc5ccc(Cn6cnc7ncnc-7c6N)cc5)nn4)n3)nn2)cc1. The molecule has 0 saturated carbocycles. The fourth-order valence-corrected chi connectivity index (χ4v) is 8.73. The number of hydrogen-bond acceptors (Lipinski definition) is 24. The van der Waals surface area contributed by atoms with Crippen molar-refractivity contribution in [1.29, 1.82) is 0 Å². The van der Waals surface area contributed by atoms with E-state index < -0.39 is 0 Å². The molecule has 0 fully saturated rings. The van der Waals surface area contributed by atoms with Crippen LogP contribution in [0.3, 0.4) is 0 Å².